The summed E-state index contributed by atoms with van der Waals surface area (Å²) in [7, 11) is 2.23. The second-order valence-electron chi connectivity index (χ2n) is 5.82. The van der Waals surface area contributed by atoms with E-state index in [2.05, 4.69) is 29.6 Å². The van der Waals surface area contributed by atoms with Crippen LogP contribution in [0.5, 0.6) is 0 Å². The third-order valence-corrected chi connectivity index (χ3v) is 4.39. The second kappa shape index (κ2) is 4.45. The summed E-state index contributed by atoms with van der Waals surface area (Å²) in [5.74, 6) is 2.02. The summed E-state index contributed by atoms with van der Waals surface area (Å²) in [5.41, 5.74) is 1.46. The molecule has 3 heteroatoms. The third-order valence-electron chi connectivity index (χ3n) is 4.39. The van der Waals surface area contributed by atoms with Crippen LogP contribution in [0.2, 0.25) is 0 Å². The lowest BCUT2D eigenvalue weighted by Gasteiger charge is -2.32. The fraction of sp³-hybridized carbons (Fsp3) is 0.786. The van der Waals surface area contributed by atoms with Crippen molar-refractivity contribution >= 4 is 0 Å². The predicted octanol–water partition coefficient (Wildman–Crippen LogP) is 2.59. The van der Waals surface area contributed by atoms with Crippen molar-refractivity contribution in [2.24, 2.45) is 0 Å². The summed E-state index contributed by atoms with van der Waals surface area (Å²) in [5, 5.41) is 0. The molecule has 3 heterocycles. The topological polar surface area (TPSA) is 21.1 Å². The minimum Gasteiger partial charge on any atom is -0.329 e. The van der Waals surface area contributed by atoms with Gasteiger partial charge in [-0.05, 0) is 52.6 Å². The number of nitrogens with zero attached hydrogens (tertiary/aromatic N) is 3. The van der Waals surface area contributed by atoms with Crippen LogP contribution >= 0.6 is 0 Å². The van der Waals surface area contributed by atoms with Crippen molar-refractivity contribution in [3.8, 4) is 0 Å². The molecule has 0 spiro atoms. The lowest BCUT2D eigenvalue weighted by atomic mass is 9.96. The van der Waals surface area contributed by atoms with Crippen molar-refractivity contribution in [3.63, 3.8) is 0 Å². The fourth-order valence-electron chi connectivity index (χ4n) is 3.49. The molecule has 3 nitrogen and oxygen atoms in total. The molecular formula is C14H23N3. The Balaban J connectivity index is 1.90. The van der Waals surface area contributed by atoms with Crippen molar-refractivity contribution in [1.29, 1.82) is 0 Å². The number of likely N-dealkylation sites (tertiary alicyclic amines) is 1. The van der Waals surface area contributed by atoms with E-state index in [0.717, 1.165) is 0 Å². The van der Waals surface area contributed by atoms with Crippen LogP contribution in [-0.2, 0) is 6.42 Å². The van der Waals surface area contributed by atoms with Crippen LogP contribution in [0, 0.1) is 0 Å². The molecule has 0 saturated carbocycles. The van der Waals surface area contributed by atoms with Crippen LogP contribution in [-0.4, -0.2) is 34.6 Å². The summed E-state index contributed by atoms with van der Waals surface area (Å²) in [6.07, 6.45) is 8.63. The van der Waals surface area contributed by atoms with Crippen LogP contribution in [0.3, 0.4) is 0 Å². The van der Waals surface area contributed by atoms with Crippen molar-refractivity contribution in [2.75, 3.05) is 20.1 Å². The molecule has 0 bridgehead atoms. The van der Waals surface area contributed by atoms with Gasteiger partial charge in [0.15, 0.2) is 0 Å². The normalized spacial score (nSPS) is 30.2. The zero-order valence-corrected chi connectivity index (χ0v) is 11.0. The van der Waals surface area contributed by atoms with Gasteiger partial charge < -0.3 is 9.47 Å². The highest BCUT2D eigenvalue weighted by Crippen LogP contribution is 2.32. The molecule has 1 aromatic rings. The quantitative estimate of drug-likeness (QED) is 0.743. The Morgan fingerprint density at radius 2 is 2.18 bits per heavy atom. The first kappa shape index (κ1) is 11.3. The molecule has 1 fully saturated rings. The zero-order chi connectivity index (χ0) is 11.8. The molecule has 17 heavy (non-hydrogen) atoms. The van der Waals surface area contributed by atoms with Crippen LogP contribution in [0.25, 0.3) is 0 Å². The first-order valence-corrected chi connectivity index (χ1v) is 7.00. The van der Waals surface area contributed by atoms with Gasteiger partial charge in [-0.1, -0.05) is 0 Å². The van der Waals surface area contributed by atoms with Gasteiger partial charge in [-0.25, -0.2) is 4.98 Å². The van der Waals surface area contributed by atoms with Gasteiger partial charge in [0.2, 0.25) is 0 Å². The van der Waals surface area contributed by atoms with Crippen molar-refractivity contribution in [1.82, 2.24) is 14.5 Å². The van der Waals surface area contributed by atoms with Gasteiger partial charge in [-0.2, -0.15) is 0 Å². The van der Waals surface area contributed by atoms with Gasteiger partial charge >= 0.3 is 0 Å². The molecule has 1 saturated heterocycles. The smallest absolute Gasteiger partial charge is 0.113 e. The van der Waals surface area contributed by atoms with Crippen LogP contribution in [0.4, 0.5) is 0 Å². The lowest BCUT2D eigenvalue weighted by Crippen LogP contribution is -2.33. The van der Waals surface area contributed by atoms with Gasteiger partial charge in [0.25, 0.3) is 0 Å². The first-order chi connectivity index (χ1) is 8.25. The first-order valence-electron chi connectivity index (χ1n) is 7.00. The molecule has 94 valence electrons. The van der Waals surface area contributed by atoms with E-state index in [-0.39, 0.29) is 0 Å². The summed E-state index contributed by atoms with van der Waals surface area (Å²) in [6.45, 7) is 4.78. The van der Waals surface area contributed by atoms with Crippen LogP contribution < -0.4 is 0 Å². The Kier molecular flexibility index (Phi) is 2.95. The van der Waals surface area contributed by atoms with E-state index < -0.39 is 0 Å². The number of aryl methyl sites for hydroxylation is 1. The number of hydrogen-bond acceptors (Lipinski definition) is 2. The number of likely N-dealkylation sites (N-methyl/N-ethyl adjacent to an activating group) is 1. The van der Waals surface area contributed by atoms with Gasteiger partial charge in [0, 0.05) is 30.4 Å². The molecule has 0 amide bonds. The molecule has 3 rings (SSSR count). The maximum absolute atomic E-state index is 4.74. The highest BCUT2D eigenvalue weighted by atomic mass is 15.1. The molecule has 2 aliphatic heterocycles. The number of aromatic nitrogens is 2. The molecule has 0 aliphatic carbocycles. The van der Waals surface area contributed by atoms with E-state index in [0.29, 0.717) is 12.0 Å². The maximum Gasteiger partial charge on any atom is 0.113 e. The fourth-order valence-corrected chi connectivity index (χ4v) is 3.49. The van der Waals surface area contributed by atoms with E-state index in [4.69, 9.17) is 4.98 Å². The lowest BCUT2D eigenvalue weighted by molar-refractivity contribution is 0.239. The van der Waals surface area contributed by atoms with Gasteiger partial charge in [0.1, 0.15) is 5.82 Å². The Morgan fingerprint density at radius 3 is 3.00 bits per heavy atom. The molecule has 0 N–H and O–H groups in total. The van der Waals surface area contributed by atoms with Crippen LogP contribution in [0.15, 0.2) is 6.20 Å². The molecule has 0 radical (unpaired) electrons. The number of imidazole rings is 1. The molecule has 2 unspecified atom stereocenters. The predicted molar refractivity (Wildman–Crippen MR) is 69.3 cm³/mol. The average molecular weight is 233 g/mol. The molecular weight excluding hydrogens is 210 g/mol. The van der Waals surface area contributed by atoms with Gasteiger partial charge in [0.05, 0.1) is 0 Å². The third kappa shape index (κ3) is 2.01. The second-order valence-corrected chi connectivity index (χ2v) is 5.82. The molecule has 2 aliphatic rings. The summed E-state index contributed by atoms with van der Waals surface area (Å²) >= 11 is 0. The van der Waals surface area contributed by atoms with Crippen molar-refractivity contribution in [2.45, 2.75) is 51.0 Å². The largest absolute Gasteiger partial charge is 0.329 e. The number of piperidine rings is 1. The van der Waals surface area contributed by atoms with E-state index in [1.807, 2.05) is 0 Å². The minimum absolute atomic E-state index is 0.656. The minimum atomic E-state index is 0.656. The van der Waals surface area contributed by atoms with Crippen LogP contribution in [0.1, 0.15) is 56.1 Å². The molecule has 0 aromatic carbocycles. The average Bonchev–Trinajstić information content (AvgIpc) is 2.74. The zero-order valence-electron chi connectivity index (χ0n) is 11.0. The Labute approximate surface area is 104 Å². The monoisotopic (exact) mass is 233 g/mol. The van der Waals surface area contributed by atoms with Crippen molar-refractivity contribution in [3.05, 3.63) is 17.7 Å². The van der Waals surface area contributed by atoms with Gasteiger partial charge in [-0.3, -0.25) is 0 Å². The summed E-state index contributed by atoms with van der Waals surface area (Å²) < 4.78 is 2.54. The highest BCUT2D eigenvalue weighted by Gasteiger charge is 2.27. The van der Waals surface area contributed by atoms with E-state index >= 15 is 0 Å². The van der Waals surface area contributed by atoms with E-state index in [1.165, 1.54) is 56.7 Å². The standard InChI is InChI=1S/C14H23N3/c1-11-5-3-7-13-9-15-14(17(11)13)12-6-4-8-16(2)10-12/h9,11-12H,3-8,10H2,1-2H3. The van der Waals surface area contributed by atoms with E-state index in [9.17, 15) is 0 Å². The Bertz CT molecular complexity index is 396. The molecule has 2 atom stereocenters. The Morgan fingerprint density at radius 1 is 1.29 bits per heavy atom. The number of fused-ring (bicyclic) bond motifs is 1. The highest BCUT2D eigenvalue weighted by molar-refractivity contribution is 5.14. The maximum atomic E-state index is 4.74. The molecule has 1 aromatic heterocycles. The summed E-state index contributed by atoms with van der Waals surface area (Å²) in [4.78, 5) is 7.19. The van der Waals surface area contributed by atoms with E-state index in [1.54, 1.807) is 0 Å². The summed E-state index contributed by atoms with van der Waals surface area (Å²) in [6, 6.07) is 0.656. The SMILES string of the molecule is CC1CCCc2cnc(C3CCCN(C)C3)n21. The van der Waals surface area contributed by atoms with Gasteiger partial charge in [-0.15, -0.1) is 0 Å². The number of hydrogen-bond donors (Lipinski definition) is 0. The number of rotatable bonds is 1. The Hall–Kier alpha value is -0.830. The van der Waals surface area contributed by atoms with Crippen molar-refractivity contribution < 1.29 is 0 Å².